The van der Waals surface area contributed by atoms with Crippen molar-refractivity contribution in [1.29, 1.82) is 0 Å². The Bertz CT molecular complexity index is 647. The van der Waals surface area contributed by atoms with Crippen LogP contribution in [0.3, 0.4) is 0 Å². The van der Waals surface area contributed by atoms with Crippen LogP contribution in [0.1, 0.15) is 6.42 Å². The zero-order chi connectivity index (χ0) is 16.7. The van der Waals surface area contributed by atoms with Crippen LogP contribution in [0.15, 0.2) is 34.9 Å². The van der Waals surface area contributed by atoms with Gasteiger partial charge in [0.25, 0.3) is 0 Å². The van der Waals surface area contributed by atoms with E-state index in [1.165, 1.54) is 25.3 Å². The van der Waals surface area contributed by atoms with E-state index in [0.29, 0.717) is 24.4 Å². The first-order valence-corrected chi connectivity index (χ1v) is 7.02. The van der Waals surface area contributed by atoms with Crippen LogP contribution in [-0.4, -0.2) is 42.7 Å². The summed E-state index contributed by atoms with van der Waals surface area (Å²) in [6.45, 7) is 0.212. The Kier molecular flexibility index (Phi) is 6.07. The molecule has 1 unspecified atom stereocenters. The molecule has 0 saturated heterocycles. The second-order valence-corrected chi connectivity index (χ2v) is 4.85. The summed E-state index contributed by atoms with van der Waals surface area (Å²) >= 11 is 0. The molecule has 124 valence electrons. The van der Waals surface area contributed by atoms with E-state index < -0.39 is 17.9 Å². The molecule has 0 aliphatic heterocycles. The monoisotopic (exact) mass is 323 g/mol. The van der Waals surface area contributed by atoms with E-state index in [1.807, 2.05) is 0 Å². The number of halogens is 1. The maximum Gasteiger partial charge on any atom is 0.320 e. The van der Waals surface area contributed by atoms with Gasteiger partial charge in [0.15, 0.2) is 11.6 Å². The summed E-state index contributed by atoms with van der Waals surface area (Å²) in [5.41, 5.74) is 0.513. The van der Waals surface area contributed by atoms with Gasteiger partial charge in [-0.1, -0.05) is 17.3 Å². The largest absolute Gasteiger partial charge is 0.394 e. The third-order valence-electron chi connectivity index (χ3n) is 3.09. The average molecular weight is 323 g/mol. The highest BCUT2D eigenvalue weighted by atomic mass is 19.1. The molecule has 2 amide bonds. The smallest absolute Gasteiger partial charge is 0.320 e. The van der Waals surface area contributed by atoms with Crippen molar-refractivity contribution < 1.29 is 23.6 Å². The molecule has 1 aromatic carbocycles. The van der Waals surface area contributed by atoms with Crippen LogP contribution in [0.5, 0.6) is 0 Å². The van der Waals surface area contributed by atoms with E-state index in [4.69, 9.17) is 9.26 Å². The molecule has 1 atom stereocenters. The fraction of sp³-hybridized carbons (Fsp3) is 0.333. The predicted octanol–water partition coefficient (Wildman–Crippen LogP) is 2.00. The number of rotatable bonds is 7. The first kappa shape index (κ1) is 16.9. The van der Waals surface area contributed by atoms with Gasteiger partial charge in [0.05, 0.1) is 12.6 Å². The fourth-order valence-corrected chi connectivity index (χ4v) is 1.92. The Morgan fingerprint density at radius 3 is 3.00 bits per heavy atom. The van der Waals surface area contributed by atoms with Crippen molar-refractivity contribution in [3.8, 4) is 11.3 Å². The first-order chi connectivity index (χ1) is 11.1. The van der Waals surface area contributed by atoms with Gasteiger partial charge in [-0.15, -0.1) is 0 Å². The maximum absolute atomic E-state index is 13.2. The van der Waals surface area contributed by atoms with Crippen LogP contribution >= 0.6 is 0 Å². The first-order valence-electron chi connectivity index (χ1n) is 7.02. The number of hydrogen-bond acceptors (Lipinski definition) is 5. The summed E-state index contributed by atoms with van der Waals surface area (Å²) in [4.78, 5) is 11.8. The predicted molar refractivity (Wildman–Crippen MR) is 81.4 cm³/mol. The second kappa shape index (κ2) is 8.25. The molecule has 7 nitrogen and oxygen atoms in total. The lowest BCUT2D eigenvalue weighted by molar-refractivity contribution is 0.161. The molecule has 1 heterocycles. The van der Waals surface area contributed by atoms with Crippen LogP contribution in [0.25, 0.3) is 11.3 Å². The van der Waals surface area contributed by atoms with Crippen molar-refractivity contribution in [3.05, 3.63) is 36.1 Å². The number of urea groups is 1. The van der Waals surface area contributed by atoms with Crippen molar-refractivity contribution >= 4 is 11.8 Å². The number of anilines is 1. The van der Waals surface area contributed by atoms with Crippen molar-refractivity contribution in [2.75, 3.05) is 25.6 Å². The van der Waals surface area contributed by atoms with Crippen LogP contribution < -0.4 is 10.6 Å². The van der Waals surface area contributed by atoms with Crippen molar-refractivity contribution in [3.63, 3.8) is 0 Å². The average Bonchev–Trinajstić information content (AvgIpc) is 2.99. The quantitative estimate of drug-likeness (QED) is 0.724. The standard InChI is InChI=1S/C15H18FN3O4/c1-22-6-5-12(9-20)17-15(21)18-14-8-13(23-19-14)10-3-2-4-11(16)7-10/h2-4,7-8,12,20H,5-6,9H2,1H3,(H2,17,18,19,21). The van der Waals surface area contributed by atoms with Gasteiger partial charge in [-0.3, -0.25) is 5.32 Å². The van der Waals surface area contributed by atoms with E-state index >= 15 is 0 Å². The lowest BCUT2D eigenvalue weighted by Gasteiger charge is -2.15. The fourth-order valence-electron chi connectivity index (χ4n) is 1.92. The molecule has 23 heavy (non-hydrogen) atoms. The van der Waals surface area contributed by atoms with Gasteiger partial charge >= 0.3 is 6.03 Å². The van der Waals surface area contributed by atoms with Gasteiger partial charge < -0.3 is 19.7 Å². The third-order valence-corrected chi connectivity index (χ3v) is 3.09. The van der Waals surface area contributed by atoms with Crippen molar-refractivity contribution in [2.24, 2.45) is 0 Å². The normalized spacial score (nSPS) is 12.0. The van der Waals surface area contributed by atoms with Crippen LogP contribution in [0.4, 0.5) is 15.0 Å². The minimum atomic E-state index is -0.528. The minimum Gasteiger partial charge on any atom is -0.394 e. The van der Waals surface area contributed by atoms with Crippen LogP contribution in [0, 0.1) is 5.82 Å². The summed E-state index contributed by atoms with van der Waals surface area (Å²) in [5.74, 6) is 0.123. The summed E-state index contributed by atoms with van der Waals surface area (Å²) < 4.78 is 23.1. The second-order valence-electron chi connectivity index (χ2n) is 4.85. The Hall–Kier alpha value is -2.45. The maximum atomic E-state index is 13.2. The molecule has 0 aliphatic rings. The highest BCUT2D eigenvalue weighted by Gasteiger charge is 2.14. The van der Waals surface area contributed by atoms with Gasteiger partial charge in [0, 0.05) is 25.3 Å². The lowest BCUT2D eigenvalue weighted by atomic mass is 10.2. The number of aliphatic hydroxyl groups is 1. The third kappa shape index (κ3) is 5.04. The van der Waals surface area contributed by atoms with Crippen LogP contribution in [-0.2, 0) is 4.74 Å². The summed E-state index contributed by atoms with van der Waals surface area (Å²) in [6, 6.07) is 6.37. The number of hydrogen-bond donors (Lipinski definition) is 3. The number of nitrogens with zero attached hydrogens (tertiary/aromatic N) is 1. The molecular weight excluding hydrogens is 305 g/mol. The summed E-state index contributed by atoms with van der Waals surface area (Å²) in [5, 5.41) is 18.0. The number of ether oxygens (including phenoxy) is 1. The van der Waals surface area contributed by atoms with Gasteiger partial charge in [-0.05, 0) is 18.6 Å². The molecule has 2 rings (SSSR count). The Morgan fingerprint density at radius 1 is 1.48 bits per heavy atom. The van der Waals surface area contributed by atoms with Crippen molar-refractivity contribution in [2.45, 2.75) is 12.5 Å². The molecule has 0 aliphatic carbocycles. The molecule has 3 N–H and O–H groups in total. The molecule has 1 aromatic heterocycles. The topological polar surface area (TPSA) is 96.6 Å². The lowest BCUT2D eigenvalue weighted by Crippen LogP contribution is -2.40. The molecule has 2 aromatic rings. The number of aliphatic hydroxyl groups excluding tert-OH is 1. The number of carbonyl (C=O) groups excluding carboxylic acids is 1. The Labute approximate surface area is 132 Å². The van der Waals surface area contributed by atoms with E-state index in [-0.39, 0.29) is 12.4 Å². The number of nitrogens with one attached hydrogen (secondary N) is 2. The zero-order valence-electron chi connectivity index (χ0n) is 12.6. The van der Waals surface area contributed by atoms with Gasteiger partial charge in [-0.2, -0.15) is 0 Å². The number of benzene rings is 1. The van der Waals surface area contributed by atoms with E-state index in [9.17, 15) is 14.3 Å². The zero-order valence-corrected chi connectivity index (χ0v) is 12.6. The molecular formula is C15H18FN3O4. The number of aromatic nitrogens is 1. The van der Waals surface area contributed by atoms with E-state index in [0.717, 1.165) is 0 Å². The molecule has 0 saturated carbocycles. The summed E-state index contributed by atoms with van der Waals surface area (Å²) in [7, 11) is 1.54. The van der Waals surface area contributed by atoms with Crippen LogP contribution in [0.2, 0.25) is 0 Å². The molecule has 0 fully saturated rings. The van der Waals surface area contributed by atoms with Gasteiger partial charge in [-0.25, -0.2) is 9.18 Å². The highest BCUT2D eigenvalue weighted by molar-refractivity contribution is 5.88. The highest BCUT2D eigenvalue weighted by Crippen LogP contribution is 2.22. The Morgan fingerprint density at radius 2 is 2.30 bits per heavy atom. The Balaban J connectivity index is 1.94. The molecule has 0 bridgehead atoms. The van der Waals surface area contributed by atoms with Gasteiger partial charge in [0.1, 0.15) is 5.82 Å². The van der Waals surface area contributed by atoms with E-state index in [2.05, 4.69) is 15.8 Å². The van der Waals surface area contributed by atoms with E-state index in [1.54, 1.807) is 12.1 Å². The number of amides is 2. The SMILES string of the molecule is COCCC(CO)NC(=O)Nc1cc(-c2cccc(F)c2)on1. The molecule has 0 radical (unpaired) electrons. The van der Waals surface area contributed by atoms with Crippen molar-refractivity contribution in [1.82, 2.24) is 10.5 Å². The number of methoxy groups -OCH3 is 1. The minimum absolute atomic E-state index is 0.185. The van der Waals surface area contributed by atoms with Gasteiger partial charge in [0.2, 0.25) is 0 Å². The molecule has 0 spiro atoms. The number of carbonyl (C=O) groups is 1. The molecule has 8 heteroatoms. The summed E-state index contributed by atoms with van der Waals surface area (Å²) in [6.07, 6.45) is 0.480.